The van der Waals surface area contributed by atoms with Gasteiger partial charge in [0, 0.05) is 4.47 Å². The average molecular weight is 309 g/mol. The van der Waals surface area contributed by atoms with Gasteiger partial charge < -0.3 is 9.15 Å². The number of hydrogen-bond donors (Lipinski definition) is 0. The molecule has 0 N–H and O–H groups in total. The van der Waals surface area contributed by atoms with Crippen LogP contribution in [-0.2, 0) is 6.61 Å². The van der Waals surface area contributed by atoms with Crippen LogP contribution in [0, 0.1) is 13.8 Å². The quantitative estimate of drug-likeness (QED) is 0.800. The Hall–Kier alpha value is -1.55. The highest BCUT2D eigenvalue weighted by atomic mass is 79.9. The molecule has 0 unspecified atom stereocenters. The first-order valence-electron chi connectivity index (χ1n) is 5.53. The zero-order valence-corrected chi connectivity index (χ0v) is 11.8. The number of halogens is 1. The lowest BCUT2D eigenvalue weighted by atomic mass is 10.1. The molecule has 0 radical (unpaired) electrons. The second-order valence-electron chi connectivity index (χ2n) is 4.08. The van der Waals surface area contributed by atoms with Crippen molar-refractivity contribution in [3.05, 3.63) is 51.4 Å². The highest BCUT2D eigenvalue weighted by Crippen LogP contribution is 2.26. The van der Waals surface area contributed by atoms with E-state index in [1.165, 1.54) is 0 Å². The van der Waals surface area contributed by atoms with Crippen LogP contribution in [0.15, 0.2) is 33.2 Å². The third-order valence-electron chi connectivity index (χ3n) is 2.59. The van der Waals surface area contributed by atoms with Gasteiger partial charge in [0.25, 0.3) is 0 Å². The summed E-state index contributed by atoms with van der Waals surface area (Å²) < 4.78 is 12.0. The first-order valence-corrected chi connectivity index (χ1v) is 6.33. The first kappa shape index (κ1) is 12.9. The molecule has 1 aromatic carbocycles. The van der Waals surface area contributed by atoms with Crippen molar-refractivity contribution in [2.24, 2.45) is 0 Å². The molecule has 4 heteroatoms. The van der Waals surface area contributed by atoms with Crippen molar-refractivity contribution in [1.82, 2.24) is 0 Å². The number of aldehydes is 1. The summed E-state index contributed by atoms with van der Waals surface area (Å²) in [6, 6.07) is 7.29. The molecule has 0 amide bonds. The molecule has 1 heterocycles. The van der Waals surface area contributed by atoms with Crippen molar-refractivity contribution in [3.8, 4) is 5.75 Å². The lowest BCUT2D eigenvalue weighted by Gasteiger charge is -2.09. The third-order valence-corrected chi connectivity index (χ3v) is 3.84. The van der Waals surface area contributed by atoms with Crippen LogP contribution in [0.25, 0.3) is 0 Å². The van der Waals surface area contributed by atoms with Crippen LogP contribution < -0.4 is 4.74 Å². The Labute approximate surface area is 114 Å². The van der Waals surface area contributed by atoms with Gasteiger partial charge in [-0.05, 0) is 49.2 Å². The van der Waals surface area contributed by atoms with Crippen LogP contribution in [0.2, 0.25) is 0 Å². The Morgan fingerprint density at radius 2 is 1.94 bits per heavy atom. The molecule has 1 aromatic heterocycles. The minimum atomic E-state index is 0.314. The fraction of sp³-hybridized carbons (Fsp3) is 0.214. The van der Waals surface area contributed by atoms with E-state index in [0.29, 0.717) is 24.4 Å². The maximum Gasteiger partial charge on any atom is 0.185 e. The van der Waals surface area contributed by atoms with Crippen LogP contribution in [0.3, 0.4) is 0 Å². The molecule has 0 aliphatic rings. The van der Waals surface area contributed by atoms with Crippen molar-refractivity contribution < 1.29 is 13.9 Å². The molecule has 0 fully saturated rings. The lowest BCUT2D eigenvalue weighted by Crippen LogP contribution is -1.95. The zero-order valence-electron chi connectivity index (χ0n) is 10.2. The number of ether oxygens (including phenoxy) is 1. The van der Waals surface area contributed by atoms with E-state index in [1.54, 1.807) is 12.1 Å². The summed E-state index contributed by atoms with van der Waals surface area (Å²) in [5.41, 5.74) is 2.25. The fourth-order valence-electron chi connectivity index (χ4n) is 1.68. The largest absolute Gasteiger partial charge is 0.486 e. The van der Waals surface area contributed by atoms with Gasteiger partial charge in [-0.15, -0.1) is 0 Å². The Bertz CT molecular complexity index is 549. The van der Waals surface area contributed by atoms with Crippen molar-refractivity contribution in [2.45, 2.75) is 20.5 Å². The summed E-state index contributed by atoms with van der Waals surface area (Å²) in [7, 11) is 0. The molecule has 3 nitrogen and oxygen atoms in total. The van der Waals surface area contributed by atoms with Crippen molar-refractivity contribution in [3.63, 3.8) is 0 Å². The zero-order chi connectivity index (χ0) is 13.1. The van der Waals surface area contributed by atoms with Gasteiger partial charge in [0.1, 0.15) is 18.1 Å². The monoisotopic (exact) mass is 308 g/mol. The standard InChI is InChI=1S/C14H13BrO3/c1-9-5-13(6-10(2)14(9)15)17-8-12-4-3-11(7-16)18-12/h3-7H,8H2,1-2H3. The van der Waals surface area contributed by atoms with E-state index < -0.39 is 0 Å². The van der Waals surface area contributed by atoms with Gasteiger partial charge in [0.15, 0.2) is 12.0 Å². The lowest BCUT2D eigenvalue weighted by molar-refractivity contribution is 0.109. The highest BCUT2D eigenvalue weighted by molar-refractivity contribution is 9.10. The molecule has 94 valence electrons. The number of hydrogen-bond acceptors (Lipinski definition) is 3. The van der Waals surface area contributed by atoms with Gasteiger partial charge in [-0.1, -0.05) is 15.9 Å². The third kappa shape index (κ3) is 2.82. The number of furan rings is 1. The Kier molecular flexibility index (Phi) is 3.87. The van der Waals surface area contributed by atoms with Crippen molar-refractivity contribution >= 4 is 22.2 Å². The summed E-state index contributed by atoms with van der Waals surface area (Å²) >= 11 is 3.51. The first-order chi connectivity index (χ1) is 8.60. The minimum Gasteiger partial charge on any atom is -0.486 e. The molecule has 0 bridgehead atoms. The number of carbonyl (C=O) groups excluding carboxylic acids is 1. The van der Waals surface area contributed by atoms with Gasteiger partial charge in [-0.3, -0.25) is 4.79 Å². The Morgan fingerprint density at radius 1 is 1.28 bits per heavy atom. The van der Waals surface area contributed by atoms with E-state index in [4.69, 9.17) is 9.15 Å². The van der Waals surface area contributed by atoms with E-state index in [2.05, 4.69) is 15.9 Å². The van der Waals surface area contributed by atoms with E-state index in [-0.39, 0.29) is 0 Å². The van der Waals surface area contributed by atoms with Gasteiger partial charge in [0.05, 0.1) is 0 Å². The molecular formula is C14H13BrO3. The minimum absolute atomic E-state index is 0.314. The predicted molar refractivity (Wildman–Crippen MR) is 72.0 cm³/mol. The molecule has 0 saturated heterocycles. The van der Waals surface area contributed by atoms with Gasteiger partial charge in [-0.2, -0.15) is 0 Å². The number of carbonyl (C=O) groups is 1. The van der Waals surface area contributed by atoms with Gasteiger partial charge >= 0.3 is 0 Å². The molecule has 0 aliphatic carbocycles. The fourth-order valence-corrected chi connectivity index (χ4v) is 1.91. The summed E-state index contributed by atoms with van der Waals surface area (Å²) in [4.78, 5) is 10.5. The van der Waals surface area contributed by atoms with Crippen molar-refractivity contribution in [1.29, 1.82) is 0 Å². The summed E-state index contributed by atoms with van der Waals surface area (Å²) in [5.74, 6) is 1.74. The molecule has 18 heavy (non-hydrogen) atoms. The Balaban J connectivity index is 2.08. The number of rotatable bonds is 4. The smallest absolute Gasteiger partial charge is 0.185 e. The van der Waals surface area contributed by atoms with Crippen LogP contribution in [0.1, 0.15) is 27.4 Å². The highest BCUT2D eigenvalue weighted by Gasteiger charge is 2.05. The number of benzene rings is 1. The molecule has 2 aromatic rings. The van der Waals surface area contributed by atoms with E-state index in [9.17, 15) is 4.79 Å². The SMILES string of the molecule is Cc1cc(OCc2ccc(C=O)o2)cc(C)c1Br. The van der Waals surface area contributed by atoms with Crippen LogP contribution in [0.4, 0.5) is 0 Å². The topological polar surface area (TPSA) is 39.4 Å². The summed E-state index contributed by atoms with van der Waals surface area (Å²) in [6.45, 7) is 4.34. The normalized spacial score (nSPS) is 10.4. The maximum atomic E-state index is 10.5. The second-order valence-corrected chi connectivity index (χ2v) is 4.87. The molecule has 0 saturated carbocycles. The Morgan fingerprint density at radius 3 is 2.50 bits per heavy atom. The summed E-state index contributed by atoms with van der Waals surface area (Å²) in [6.07, 6.45) is 0.678. The molecule has 0 spiro atoms. The molecule has 0 aliphatic heterocycles. The molecular weight excluding hydrogens is 296 g/mol. The summed E-state index contributed by atoms with van der Waals surface area (Å²) in [5, 5.41) is 0. The molecule has 2 rings (SSSR count). The van der Waals surface area contributed by atoms with E-state index in [1.807, 2.05) is 26.0 Å². The van der Waals surface area contributed by atoms with Crippen LogP contribution >= 0.6 is 15.9 Å². The number of aryl methyl sites for hydroxylation is 2. The second kappa shape index (κ2) is 5.40. The average Bonchev–Trinajstić information content (AvgIpc) is 2.81. The van der Waals surface area contributed by atoms with E-state index in [0.717, 1.165) is 21.3 Å². The van der Waals surface area contributed by atoms with Crippen LogP contribution in [0.5, 0.6) is 5.75 Å². The maximum absolute atomic E-state index is 10.5. The van der Waals surface area contributed by atoms with Crippen molar-refractivity contribution in [2.75, 3.05) is 0 Å². The van der Waals surface area contributed by atoms with E-state index >= 15 is 0 Å². The van der Waals surface area contributed by atoms with Crippen LogP contribution in [-0.4, -0.2) is 6.29 Å². The van der Waals surface area contributed by atoms with Gasteiger partial charge in [0.2, 0.25) is 0 Å². The molecule has 0 atom stereocenters. The predicted octanol–water partition coefficient (Wildman–Crippen LogP) is 4.05. The van der Waals surface area contributed by atoms with Gasteiger partial charge in [-0.25, -0.2) is 0 Å².